The Morgan fingerprint density at radius 1 is 1.12 bits per heavy atom. The minimum Gasteiger partial charge on any atom is -0.506 e. The summed E-state index contributed by atoms with van der Waals surface area (Å²) in [5.41, 5.74) is 2.30. The Bertz CT molecular complexity index is 1190. The Morgan fingerprint density at radius 3 is 2.50 bits per heavy atom. The van der Waals surface area contributed by atoms with Crippen molar-refractivity contribution in [1.29, 1.82) is 0 Å². The maximum absolute atomic E-state index is 12.2. The number of sulfonamides is 1. The SMILES string of the molecule is CC(C)S(=O)(=O)Nc1cc(C(O)CNC(C)(C)CCn2cnc(-c3ccccc3)c2)ccc1O. The Kier molecular flexibility index (Phi) is 8.01. The summed E-state index contributed by atoms with van der Waals surface area (Å²) in [6, 6.07) is 14.4. The van der Waals surface area contributed by atoms with E-state index in [4.69, 9.17) is 0 Å². The highest BCUT2D eigenvalue weighted by Crippen LogP contribution is 2.29. The molecule has 0 spiro atoms. The van der Waals surface area contributed by atoms with E-state index in [9.17, 15) is 18.6 Å². The van der Waals surface area contributed by atoms with Crippen molar-refractivity contribution < 1.29 is 18.6 Å². The average molecular weight is 487 g/mol. The molecule has 2 aromatic carbocycles. The van der Waals surface area contributed by atoms with Crippen LogP contribution >= 0.6 is 0 Å². The maximum atomic E-state index is 12.2. The molecule has 3 aromatic rings. The normalized spacial score (nSPS) is 13.2. The fraction of sp³-hybridized carbons (Fsp3) is 0.400. The number of anilines is 1. The van der Waals surface area contributed by atoms with Gasteiger partial charge in [0.2, 0.25) is 10.0 Å². The maximum Gasteiger partial charge on any atom is 0.235 e. The second-order valence-electron chi connectivity index (χ2n) is 9.37. The summed E-state index contributed by atoms with van der Waals surface area (Å²) in [6.07, 6.45) is 3.78. The van der Waals surface area contributed by atoms with Gasteiger partial charge < -0.3 is 20.1 Å². The summed E-state index contributed by atoms with van der Waals surface area (Å²) >= 11 is 0. The van der Waals surface area contributed by atoms with Crippen LogP contribution in [0, 0.1) is 0 Å². The summed E-state index contributed by atoms with van der Waals surface area (Å²) in [4.78, 5) is 4.49. The number of aromatic nitrogens is 2. The van der Waals surface area contributed by atoms with Crippen LogP contribution in [0.25, 0.3) is 11.3 Å². The zero-order chi connectivity index (χ0) is 24.9. The van der Waals surface area contributed by atoms with Gasteiger partial charge in [0.1, 0.15) is 5.75 Å². The number of nitrogens with one attached hydrogen (secondary N) is 2. The molecule has 0 amide bonds. The van der Waals surface area contributed by atoms with Crippen LogP contribution in [0.3, 0.4) is 0 Å². The number of rotatable bonds is 11. The number of phenols is 1. The first-order valence-corrected chi connectivity index (χ1v) is 12.9. The number of β-amino-alcohol motifs (C(OH)–C–C–N with tert-alkyl or cyclic N) is 1. The van der Waals surface area contributed by atoms with E-state index in [0.29, 0.717) is 5.56 Å². The highest BCUT2D eigenvalue weighted by atomic mass is 32.2. The van der Waals surface area contributed by atoms with Gasteiger partial charge in [-0.15, -0.1) is 0 Å². The first-order valence-electron chi connectivity index (χ1n) is 11.3. The van der Waals surface area contributed by atoms with Crippen LogP contribution in [-0.4, -0.2) is 45.5 Å². The van der Waals surface area contributed by atoms with E-state index in [1.807, 2.05) is 42.9 Å². The van der Waals surface area contributed by atoms with Crippen LogP contribution in [0.2, 0.25) is 0 Å². The Balaban J connectivity index is 1.57. The number of aryl methyl sites for hydroxylation is 1. The van der Waals surface area contributed by atoms with Crippen molar-refractivity contribution in [2.45, 2.75) is 57.6 Å². The van der Waals surface area contributed by atoms with Crippen molar-refractivity contribution in [1.82, 2.24) is 14.9 Å². The van der Waals surface area contributed by atoms with E-state index < -0.39 is 21.4 Å². The summed E-state index contributed by atoms with van der Waals surface area (Å²) in [5, 5.41) is 23.5. The van der Waals surface area contributed by atoms with Gasteiger partial charge in [0.25, 0.3) is 0 Å². The largest absolute Gasteiger partial charge is 0.506 e. The minimum atomic E-state index is -3.62. The zero-order valence-electron chi connectivity index (χ0n) is 20.1. The van der Waals surface area contributed by atoms with Crippen LogP contribution < -0.4 is 10.0 Å². The highest BCUT2D eigenvalue weighted by molar-refractivity contribution is 7.93. The Hall–Kier alpha value is -2.88. The van der Waals surface area contributed by atoms with Gasteiger partial charge in [0.15, 0.2) is 0 Å². The van der Waals surface area contributed by atoms with E-state index in [0.717, 1.165) is 24.2 Å². The molecule has 0 saturated heterocycles. The molecule has 0 bridgehead atoms. The van der Waals surface area contributed by atoms with Gasteiger partial charge in [0.05, 0.1) is 29.1 Å². The molecule has 0 aliphatic carbocycles. The third-order valence-electron chi connectivity index (χ3n) is 5.75. The molecule has 0 saturated carbocycles. The Morgan fingerprint density at radius 2 is 1.82 bits per heavy atom. The first kappa shape index (κ1) is 25.7. The molecule has 8 nitrogen and oxygen atoms in total. The molecule has 34 heavy (non-hydrogen) atoms. The van der Waals surface area contributed by atoms with E-state index in [-0.39, 0.29) is 23.5 Å². The van der Waals surface area contributed by atoms with Crippen LogP contribution in [0.5, 0.6) is 5.75 Å². The molecule has 0 radical (unpaired) electrons. The van der Waals surface area contributed by atoms with Crippen molar-refractivity contribution in [3.8, 4) is 17.0 Å². The molecule has 0 aliphatic rings. The third-order valence-corrected chi connectivity index (χ3v) is 7.50. The highest BCUT2D eigenvalue weighted by Gasteiger charge is 2.21. The van der Waals surface area contributed by atoms with Crippen molar-refractivity contribution in [2.75, 3.05) is 11.3 Å². The number of hydrogen-bond acceptors (Lipinski definition) is 6. The van der Waals surface area contributed by atoms with Gasteiger partial charge in [-0.3, -0.25) is 4.72 Å². The first-order chi connectivity index (χ1) is 16.0. The quantitative estimate of drug-likeness (QED) is 0.306. The predicted octanol–water partition coefficient (Wildman–Crippen LogP) is 3.90. The predicted molar refractivity (Wildman–Crippen MR) is 135 cm³/mol. The summed E-state index contributed by atoms with van der Waals surface area (Å²) in [7, 11) is -3.62. The number of aromatic hydroxyl groups is 1. The molecule has 1 atom stereocenters. The standard InChI is InChI=1S/C25H34N4O4S/c1-18(2)34(32,33)28-21-14-20(10-11-23(21)30)24(31)15-27-25(3,4)12-13-29-16-22(26-17-29)19-8-6-5-7-9-19/h5-11,14,16-18,24,27-28,30-31H,12-13,15H2,1-4H3. The van der Waals surface area contributed by atoms with Gasteiger partial charge in [-0.2, -0.15) is 0 Å². The topological polar surface area (TPSA) is 116 Å². The number of hydrogen-bond donors (Lipinski definition) is 4. The van der Waals surface area contributed by atoms with Gasteiger partial charge in [0, 0.05) is 30.4 Å². The van der Waals surface area contributed by atoms with Gasteiger partial charge in [-0.1, -0.05) is 36.4 Å². The third kappa shape index (κ3) is 6.82. The molecule has 1 aromatic heterocycles. The number of benzene rings is 2. The molecule has 0 aliphatic heterocycles. The van der Waals surface area contributed by atoms with Crippen molar-refractivity contribution in [3.05, 3.63) is 66.6 Å². The number of aliphatic hydroxyl groups is 1. The molecule has 3 rings (SSSR count). The molecule has 4 N–H and O–H groups in total. The fourth-order valence-electron chi connectivity index (χ4n) is 3.34. The Labute approximate surface area is 201 Å². The smallest absolute Gasteiger partial charge is 0.235 e. The van der Waals surface area contributed by atoms with E-state index in [2.05, 4.69) is 33.4 Å². The van der Waals surface area contributed by atoms with Gasteiger partial charge >= 0.3 is 0 Å². The van der Waals surface area contributed by atoms with Gasteiger partial charge in [-0.05, 0) is 51.8 Å². The lowest BCUT2D eigenvalue weighted by molar-refractivity contribution is 0.158. The lowest BCUT2D eigenvalue weighted by Crippen LogP contribution is -2.42. The van der Waals surface area contributed by atoms with E-state index in [1.165, 1.54) is 12.1 Å². The average Bonchev–Trinajstić information content (AvgIpc) is 3.27. The van der Waals surface area contributed by atoms with Crippen LogP contribution in [-0.2, 0) is 16.6 Å². The zero-order valence-corrected chi connectivity index (χ0v) is 20.9. The number of phenolic OH excluding ortho intramolecular Hbond substituents is 1. The van der Waals surface area contributed by atoms with Crippen molar-refractivity contribution >= 4 is 15.7 Å². The van der Waals surface area contributed by atoms with E-state index >= 15 is 0 Å². The van der Waals surface area contributed by atoms with E-state index in [1.54, 1.807) is 19.9 Å². The van der Waals surface area contributed by atoms with Gasteiger partial charge in [-0.25, -0.2) is 13.4 Å². The monoisotopic (exact) mass is 486 g/mol. The molecule has 1 unspecified atom stereocenters. The number of nitrogens with zero attached hydrogens (tertiary/aromatic N) is 2. The summed E-state index contributed by atoms with van der Waals surface area (Å²) in [6.45, 7) is 8.26. The van der Waals surface area contributed by atoms with Crippen LogP contribution in [0.15, 0.2) is 61.1 Å². The summed E-state index contributed by atoms with van der Waals surface area (Å²) in [5.74, 6) is -0.191. The second-order valence-corrected chi connectivity index (χ2v) is 11.6. The lowest BCUT2D eigenvalue weighted by atomic mass is 9.99. The van der Waals surface area contributed by atoms with Crippen molar-refractivity contribution in [2.24, 2.45) is 0 Å². The summed E-state index contributed by atoms with van der Waals surface area (Å²) < 4.78 is 28.8. The lowest BCUT2D eigenvalue weighted by Gasteiger charge is -2.28. The number of aliphatic hydroxyl groups excluding tert-OH is 1. The molecule has 184 valence electrons. The molecular weight excluding hydrogens is 452 g/mol. The fourth-order valence-corrected chi connectivity index (χ4v) is 4.05. The van der Waals surface area contributed by atoms with Crippen molar-refractivity contribution in [3.63, 3.8) is 0 Å². The molecule has 1 heterocycles. The van der Waals surface area contributed by atoms with Crippen LogP contribution in [0.4, 0.5) is 5.69 Å². The molecule has 0 fully saturated rings. The van der Waals surface area contributed by atoms with Crippen LogP contribution in [0.1, 0.15) is 45.8 Å². The molecular formula is C25H34N4O4S. The minimum absolute atomic E-state index is 0.0545. The molecule has 9 heteroatoms. The second kappa shape index (κ2) is 10.6. The number of imidazole rings is 1.